The molecule has 0 radical (unpaired) electrons. The lowest BCUT2D eigenvalue weighted by atomic mass is 10.2. The molecule has 1 amide bonds. The maximum absolute atomic E-state index is 12.1. The number of rotatable bonds is 3. The van der Waals surface area contributed by atoms with Crippen molar-refractivity contribution in [2.45, 2.75) is 0 Å². The van der Waals surface area contributed by atoms with Gasteiger partial charge in [-0.2, -0.15) is 0 Å². The summed E-state index contributed by atoms with van der Waals surface area (Å²) in [5.74, 6) is -0.455. The number of halogens is 2. The third-order valence-corrected chi connectivity index (χ3v) is 3.45. The number of nitrogens with zero attached hydrogens (tertiary/aromatic N) is 2. The van der Waals surface area contributed by atoms with Gasteiger partial charge in [-0.15, -0.1) is 0 Å². The fraction of sp³-hybridized carbons (Fsp3) is 0. The molecule has 1 N–H and O–H groups in total. The van der Waals surface area contributed by atoms with E-state index in [0.717, 1.165) is 0 Å². The Hall–Kier alpha value is -1.80. The molecule has 1 aromatic carbocycles. The van der Waals surface area contributed by atoms with Gasteiger partial charge in [0.15, 0.2) is 0 Å². The minimum Gasteiger partial charge on any atom is -0.320 e. The first-order valence-electron chi connectivity index (χ1n) is 5.34. The minimum atomic E-state index is -0.554. The molecule has 0 spiro atoms. The van der Waals surface area contributed by atoms with Crippen molar-refractivity contribution in [3.63, 3.8) is 0 Å². The maximum Gasteiger partial charge on any atom is 0.271 e. The number of anilines is 1. The van der Waals surface area contributed by atoms with Crippen molar-refractivity contribution < 1.29 is 9.72 Å². The van der Waals surface area contributed by atoms with Crippen LogP contribution in [-0.2, 0) is 0 Å². The van der Waals surface area contributed by atoms with Crippen molar-refractivity contribution in [1.29, 1.82) is 0 Å². The van der Waals surface area contributed by atoms with Gasteiger partial charge in [0, 0.05) is 28.4 Å². The molecule has 0 saturated carbocycles. The molecule has 0 saturated heterocycles. The Morgan fingerprint density at radius 3 is 2.70 bits per heavy atom. The molecule has 0 bridgehead atoms. The van der Waals surface area contributed by atoms with Crippen molar-refractivity contribution in [2.75, 3.05) is 5.32 Å². The predicted molar refractivity (Wildman–Crippen MR) is 80.7 cm³/mol. The van der Waals surface area contributed by atoms with Gasteiger partial charge in [-0.05, 0) is 34.1 Å². The molecule has 8 heteroatoms. The van der Waals surface area contributed by atoms with Crippen molar-refractivity contribution in [1.82, 2.24) is 4.98 Å². The molecule has 1 heterocycles. The summed E-state index contributed by atoms with van der Waals surface area (Å²) in [7, 11) is 0. The Morgan fingerprint density at radius 2 is 2.05 bits per heavy atom. The zero-order valence-corrected chi connectivity index (χ0v) is 13.0. The summed E-state index contributed by atoms with van der Waals surface area (Å²) in [6.07, 6.45) is 1.57. The Morgan fingerprint density at radius 1 is 1.30 bits per heavy atom. The smallest absolute Gasteiger partial charge is 0.271 e. The Kier molecular flexibility index (Phi) is 4.46. The van der Waals surface area contributed by atoms with E-state index in [0.29, 0.717) is 14.8 Å². The lowest BCUT2D eigenvalue weighted by molar-refractivity contribution is -0.384. The van der Waals surface area contributed by atoms with Crippen molar-refractivity contribution in [3.8, 4) is 0 Å². The van der Waals surface area contributed by atoms with E-state index < -0.39 is 10.8 Å². The number of benzene rings is 1. The van der Waals surface area contributed by atoms with Crippen molar-refractivity contribution in [3.05, 3.63) is 61.3 Å². The molecule has 0 aliphatic rings. The van der Waals surface area contributed by atoms with Crippen molar-refractivity contribution >= 4 is 49.1 Å². The number of nitro groups is 1. The second-order valence-electron chi connectivity index (χ2n) is 3.75. The predicted octanol–water partition coefficient (Wildman–Crippen LogP) is 3.77. The van der Waals surface area contributed by atoms with Gasteiger partial charge in [-0.1, -0.05) is 15.9 Å². The number of hydrogen-bond acceptors (Lipinski definition) is 4. The molecule has 6 nitrogen and oxygen atoms in total. The molecular formula is C12H7Br2N3O3. The zero-order chi connectivity index (χ0) is 14.7. The highest BCUT2D eigenvalue weighted by molar-refractivity contribution is 9.10. The Bertz CT molecular complexity index is 691. The lowest BCUT2D eigenvalue weighted by Crippen LogP contribution is -2.13. The second-order valence-corrected chi connectivity index (χ2v) is 5.42. The normalized spacial score (nSPS) is 10.1. The van der Waals surface area contributed by atoms with Crippen molar-refractivity contribution in [2.24, 2.45) is 0 Å². The highest BCUT2D eigenvalue weighted by Crippen LogP contribution is 2.23. The number of non-ortho nitro benzene ring substituents is 1. The number of hydrogen-bond donors (Lipinski definition) is 1. The summed E-state index contributed by atoms with van der Waals surface area (Å²) in [4.78, 5) is 26.3. The fourth-order valence-electron chi connectivity index (χ4n) is 1.48. The Balaban J connectivity index is 2.30. The molecular weight excluding hydrogens is 394 g/mol. The maximum atomic E-state index is 12.1. The van der Waals surface area contributed by atoms with Crippen LogP contribution >= 0.6 is 31.9 Å². The van der Waals surface area contributed by atoms with E-state index in [1.165, 1.54) is 18.2 Å². The molecule has 102 valence electrons. The minimum absolute atomic E-state index is 0.158. The van der Waals surface area contributed by atoms with Gasteiger partial charge < -0.3 is 5.32 Å². The van der Waals surface area contributed by atoms with E-state index in [9.17, 15) is 14.9 Å². The monoisotopic (exact) mass is 399 g/mol. The third kappa shape index (κ3) is 3.40. The molecule has 0 fully saturated rings. The average molecular weight is 401 g/mol. The van der Waals surface area contributed by atoms with Gasteiger partial charge in [0.05, 0.1) is 10.6 Å². The third-order valence-electron chi connectivity index (χ3n) is 2.36. The number of amides is 1. The number of nitro benzene ring substituents is 1. The van der Waals surface area contributed by atoms with Gasteiger partial charge in [0.2, 0.25) is 0 Å². The van der Waals surface area contributed by atoms with E-state index in [1.807, 2.05) is 0 Å². The van der Waals surface area contributed by atoms with Crippen LogP contribution in [0.1, 0.15) is 10.4 Å². The van der Waals surface area contributed by atoms with Crippen LogP contribution in [-0.4, -0.2) is 15.8 Å². The number of carbonyl (C=O) groups is 1. The lowest BCUT2D eigenvalue weighted by Gasteiger charge is -2.06. The molecule has 0 aliphatic carbocycles. The largest absolute Gasteiger partial charge is 0.320 e. The van der Waals surface area contributed by atoms with Crippen LogP contribution in [0.3, 0.4) is 0 Å². The number of carbonyl (C=O) groups excluding carboxylic acids is 1. The van der Waals surface area contributed by atoms with E-state index in [4.69, 9.17) is 0 Å². The van der Waals surface area contributed by atoms with E-state index in [-0.39, 0.29) is 11.3 Å². The molecule has 2 rings (SSSR count). The molecule has 0 aliphatic heterocycles. The Labute approximate surface area is 130 Å². The zero-order valence-electron chi connectivity index (χ0n) is 9.84. The SMILES string of the molecule is O=C(Nc1cccnc1Br)c1cc(Br)cc([N+](=O)[O-])c1. The van der Waals surface area contributed by atoms with E-state index in [2.05, 4.69) is 42.2 Å². The van der Waals surface area contributed by atoms with Crippen LogP contribution in [0.2, 0.25) is 0 Å². The number of aromatic nitrogens is 1. The summed E-state index contributed by atoms with van der Waals surface area (Å²) in [5, 5.41) is 13.4. The van der Waals surface area contributed by atoms with Crippen LogP contribution in [0.25, 0.3) is 0 Å². The van der Waals surface area contributed by atoms with Crippen LogP contribution in [0.4, 0.5) is 11.4 Å². The molecule has 20 heavy (non-hydrogen) atoms. The highest BCUT2D eigenvalue weighted by Gasteiger charge is 2.14. The van der Waals surface area contributed by atoms with Gasteiger partial charge >= 0.3 is 0 Å². The number of pyridine rings is 1. The molecule has 0 unspecified atom stereocenters. The summed E-state index contributed by atoms with van der Waals surface area (Å²) in [6.45, 7) is 0. The highest BCUT2D eigenvalue weighted by atomic mass is 79.9. The second kappa shape index (κ2) is 6.10. The first-order chi connectivity index (χ1) is 9.47. The fourth-order valence-corrected chi connectivity index (χ4v) is 2.32. The van der Waals surface area contributed by atoms with E-state index in [1.54, 1.807) is 18.3 Å². The molecule has 1 aromatic heterocycles. The topological polar surface area (TPSA) is 85.1 Å². The van der Waals surface area contributed by atoms with Gasteiger partial charge in [0.1, 0.15) is 4.60 Å². The van der Waals surface area contributed by atoms with E-state index >= 15 is 0 Å². The average Bonchev–Trinajstić information content (AvgIpc) is 2.40. The first-order valence-corrected chi connectivity index (χ1v) is 6.93. The van der Waals surface area contributed by atoms with Crippen LogP contribution in [0, 0.1) is 10.1 Å². The summed E-state index contributed by atoms with van der Waals surface area (Å²) in [5.41, 5.74) is 0.511. The summed E-state index contributed by atoms with van der Waals surface area (Å²) in [6, 6.07) is 7.39. The number of nitrogens with one attached hydrogen (secondary N) is 1. The first kappa shape index (κ1) is 14.6. The van der Waals surface area contributed by atoms with Crippen LogP contribution < -0.4 is 5.32 Å². The van der Waals surface area contributed by atoms with Gasteiger partial charge in [-0.25, -0.2) is 4.98 Å². The van der Waals surface area contributed by atoms with Crippen LogP contribution in [0.5, 0.6) is 0 Å². The quantitative estimate of drug-likeness (QED) is 0.482. The summed E-state index contributed by atoms with van der Waals surface area (Å²) >= 11 is 6.35. The van der Waals surface area contributed by atoms with Gasteiger partial charge in [-0.3, -0.25) is 14.9 Å². The van der Waals surface area contributed by atoms with Gasteiger partial charge in [0.25, 0.3) is 11.6 Å². The molecule has 0 atom stereocenters. The summed E-state index contributed by atoms with van der Waals surface area (Å²) < 4.78 is 0.944. The molecule has 2 aromatic rings. The van der Waals surface area contributed by atoms with Crippen LogP contribution in [0.15, 0.2) is 45.6 Å². The standard InChI is InChI=1S/C12H7Br2N3O3/c13-8-4-7(5-9(6-8)17(19)20)12(18)16-10-2-1-3-15-11(10)14/h1-6H,(H,16,18).